The summed E-state index contributed by atoms with van der Waals surface area (Å²) in [6.07, 6.45) is 1.13. The van der Waals surface area contributed by atoms with Crippen molar-refractivity contribution in [2.75, 3.05) is 11.1 Å². The molecule has 2 aromatic carbocycles. The third-order valence-corrected chi connectivity index (χ3v) is 4.34. The smallest absolute Gasteiger partial charge is 0.283 e. The van der Waals surface area contributed by atoms with E-state index in [1.54, 1.807) is 48.5 Å². The second-order valence-corrected chi connectivity index (χ2v) is 6.33. The first-order valence-corrected chi connectivity index (χ1v) is 8.90. The number of nitrogens with two attached hydrogens (primary N) is 1. The first-order valence-electron chi connectivity index (χ1n) is 8.90. The molecule has 0 aliphatic heterocycles. The van der Waals surface area contributed by atoms with Gasteiger partial charge in [-0.25, -0.2) is 4.98 Å². The van der Waals surface area contributed by atoms with Crippen molar-refractivity contribution >= 4 is 28.7 Å². The third kappa shape index (κ3) is 3.35. The summed E-state index contributed by atoms with van der Waals surface area (Å²) in [5, 5.41) is 2.64. The van der Waals surface area contributed by atoms with Crippen molar-refractivity contribution in [2.45, 2.75) is 0 Å². The Balaban J connectivity index is 2.06. The van der Waals surface area contributed by atoms with Gasteiger partial charge in [0, 0.05) is 11.3 Å². The van der Waals surface area contributed by atoms with Gasteiger partial charge < -0.3 is 11.1 Å². The summed E-state index contributed by atoms with van der Waals surface area (Å²) in [5.74, 6) is -0.547. The van der Waals surface area contributed by atoms with Crippen molar-refractivity contribution in [3.05, 3.63) is 88.0 Å². The minimum atomic E-state index is -0.570. The molecule has 9 heteroatoms. The molecule has 2 aromatic heterocycles. The topological polar surface area (TPSA) is 136 Å². The largest absolute Gasteiger partial charge is 0.369 e. The second-order valence-electron chi connectivity index (χ2n) is 6.33. The number of hydrogen-bond donors (Lipinski definition) is 3. The normalized spacial score (nSPS) is 10.7. The van der Waals surface area contributed by atoms with Crippen LogP contribution in [0, 0.1) is 0 Å². The number of aromatic amines is 1. The van der Waals surface area contributed by atoms with Gasteiger partial charge in [0.2, 0.25) is 11.9 Å². The average molecular weight is 400 g/mol. The van der Waals surface area contributed by atoms with E-state index in [4.69, 9.17) is 5.73 Å². The highest BCUT2D eigenvalue weighted by atomic mass is 16.1. The fourth-order valence-electron chi connectivity index (χ4n) is 3.03. The van der Waals surface area contributed by atoms with Gasteiger partial charge in [-0.3, -0.25) is 23.9 Å². The lowest BCUT2D eigenvalue weighted by atomic mass is 10.1. The first-order chi connectivity index (χ1) is 14.5. The zero-order valence-corrected chi connectivity index (χ0v) is 15.6. The lowest BCUT2D eigenvalue weighted by Crippen LogP contribution is -2.27. The molecule has 0 radical (unpaired) electrons. The van der Waals surface area contributed by atoms with Gasteiger partial charge in [-0.2, -0.15) is 4.98 Å². The van der Waals surface area contributed by atoms with E-state index in [1.165, 1.54) is 4.57 Å². The maximum atomic E-state index is 13.4. The molecule has 0 saturated carbocycles. The Kier molecular flexibility index (Phi) is 4.69. The lowest BCUT2D eigenvalue weighted by Gasteiger charge is -2.13. The molecule has 0 fully saturated rings. The van der Waals surface area contributed by atoms with E-state index in [0.717, 1.165) is 6.08 Å². The van der Waals surface area contributed by atoms with Crippen LogP contribution >= 0.6 is 0 Å². The number of anilines is 2. The number of nitrogen functional groups attached to an aromatic ring is 1. The number of aromatic nitrogens is 4. The molecule has 1 amide bonds. The van der Waals surface area contributed by atoms with Crippen LogP contribution in [0.4, 0.5) is 11.6 Å². The summed E-state index contributed by atoms with van der Waals surface area (Å²) >= 11 is 0. The molecular weight excluding hydrogens is 384 g/mol. The number of carbonyl (C=O) groups is 1. The van der Waals surface area contributed by atoms with Crippen molar-refractivity contribution in [2.24, 2.45) is 0 Å². The molecule has 0 aliphatic rings. The van der Waals surface area contributed by atoms with Crippen LogP contribution in [-0.4, -0.2) is 25.4 Å². The SMILES string of the molecule is C=CC(=O)Nc1cccc(-n2c(=O)c(-c3ccccc3)nc3c(=O)[nH]c(N)nc32)c1. The van der Waals surface area contributed by atoms with Crippen LogP contribution in [0.2, 0.25) is 0 Å². The number of hydrogen-bond acceptors (Lipinski definition) is 6. The molecule has 0 spiro atoms. The summed E-state index contributed by atoms with van der Waals surface area (Å²) in [4.78, 5) is 48.4. The number of benzene rings is 2. The average Bonchev–Trinajstić information content (AvgIpc) is 2.74. The zero-order valence-electron chi connectivity index (χ0n) is 15.6. The minimum Gasteiger partial charge on any atom is -0.369 e. The van der Waals surface area contributed by atoms with Gasteiger partial charge >= 0.3 is 0 Å². The van der Waals surface area contributed by atoms with Crippen LogP contribution in [0.1, 0.15) is 0 Å². The van der Waals surface area contributed by atoms with E-state index < -0.39 is 17.0 Å². The highest BCUT2D eigenvalue weighted by molar-refractivity contribution is 5.99. The van der Waals surface area contributed by atoms with Crippen LogP contribution in [0.5, 0.6) is 0 Å². The molecule has 2 heterocycles. The predicted molar refractivity (Wildman–Crippen MR) is 114 cm³/mol. The van der Waals surface area contributed by atoms with Crippen molar-refractivity contribution in [1.82, 2.24) is 19.5 Å². The van der Waals surface area contributed by atoms with E-state index in [0.29, 0.717) is 16.9 Å². The molecule has 0 aliphatic carbocycles. The summed E-state index contributed by atoms with van der Waals surface area (Å²) in [7, 11) is 0. The Morgan fingerprint density at radius 2 is 1.87 bits per heavy atom. The lowest BCUT2D eigenvalue weighted by molar-refractivity contribution is -0.111. The maximum absolute atomic E-state index is 13.4. The number of fused-ring (bicyclic) bond motifs is 1. The number of amides is 1. The van der Waals surface area contributed by atoms with Crippen LogP contribution in [-0.2, 0) is 4.79 Å². The van der Waals surface area contributed by atoms with Gasteiger partial charge in [0.25, 0.3) is 11.1 Å². The van der Waals surface area contributed by atoms with Gasteiger partial charge in [-0.1, -0.05) is 43.0 Å². The first kappa shape index (κ1) is 18.8. The van der Waals surface area contributed by atoms with Gasteiger partial charge in [-0.15, -0.1) is 0 Å². The third-order valence-electron chi connectivity index (χ3n) is 4.34. The van der Waals surface area contributed by atoms with Gasteiger partial charge in [0.15, 0.2) is 11.2 Å². The number of H-pyrrole nitrogens is 1. The number of nitrogens with one attached hydrogen (secondary N) is 2. The summed E-state index contributed by atoms with van der Waals surface area (Å²) in [6.45, 7) is 3.42. The Morgan fingerprint density at radius 1 is 1.10 bits per heavy atom. The predicted octanol–water partition coefficient (Wildman–Crippen LogP) is 1.84. The molecule has 0 unspecified atom stereocenters. The molecule has 0 atom stereocenters. The van der Waals surface area contributed by atoms with Gasteiger partial charge in [0.05, 0.1) is 5.69 Å². The molecule has 0 saturated heterocycles. The standard InChI is InChI=1S/C21H16N6O3/c1-2-15(28)23-13-9-6-10-14(11-13)27-18-17(19(29)26-21(22)25-18)24-16(20(27)30)12-7-4-3-5-8-12/h2-11H,1H2,(H,23,28)(H3,22,25,26,29). The van der Waals surface area contributed by atoms with Crippen molar-refractivity contribution < 1.29 is 4.79 Å². The second kappa shape index (κ2) is 7.47. The Hall–Kier alpha value is -4.53. The monoisotopic (exact) mass is 400 g/mol. The maximum Gasteiger partial charge on any atom is 0.283 e. The van der Waals surface area contributed by atoms with E-state index in [-0.39, 0.29) is 22.8 Å². The summed E-state index contributed by atoms with van der Waals surface area (Å²) in [6, 6.07) is 15.3. The number of carbonyl (C=O) groups excluding carboxylic acids is 1. The summed E-state index contributed by atoms with van der Waals surface area (Å²) in [5.41, 5.74) is 6.07. The molecule has 30 heavy (non-hydrogen) atoms. The highest BCUT2D eigenvalue weighted by Gasteiger charge is 2.18. The van der Waals surface area contributed by atoms with Crippen LogP contribution in [0.25, 0.3) is 28.1 Å². The van der Waals surface area contributed by atoms with Gasteiger partial charge in [-0.05, 0) is 24.3 Å². The number of rotatable bonds is 4. The fourth-order valence-corrected chi connectivity index (χ4v) is 3.03. The van der Waals surface area contributed by atoms with Gasteiger partial charge in [0.1, 0.15) is 5.69 Å². The molecule has 148 valence electrons. The fraction of sp³-hybridized carbons (Fsp3) is 0. The van der Waals surface area contributed by atoms with Crippen LogP contribution < -0.4 is 22.2 Å². The van der Waals surface area contributed by atoms with Crippen molar-refractivity contribution in [3.8, 4) is 16.9 Å². The van der Waals surface area contributed by atoms with E-state index in [9.17, 15) is 14.4 Å². The molecule has 4 aromatic rings. The Bertz CT molecular complexity index is 1410. The zero-order chi connectivity index (χ0) is 21.3. The van der Waals surface area contributed by atoms with Crippen molar-refractivity contribution in [1.29, 1.82) is 0 Å². The molecule has 4 N–H and O–H groups in total. The van der Waals surface area contributed by atoms with E-state index in [1.807, 2.05) is 6.07 Å². The minimum absolute atomic E-state index is 0.00753. The van der Waals surface area contributed by atoms with Crippen LogP contribution in [0.3, 0.4) is 0 Å². The molecule has 9 nitrogen and oxygen atoms in total. The van der Waals surface area contributed by atoms with E-state index in [2.05, 4.69) is 26.8 Å². The highest BCUT2D eigenvalue weighted by Crippen LogP contribution is 2.20. The number of nitrogens with zero attached hydrogens (tertiary/aromatic N) is 3. The molecule has 4 rings (SSSR count). The van der Waals surface area contributed by atoms with E-state index >= 15 is 0 Å². The molecule has 0 bridgehead atoms. The quantitative estimate of drug-likeness (QED) is 0.447. The van der Waals surface area contributed by atoms with Crippen molar-refractivity contribution in [3.63, 3.8) is 0 Å². The summed E-state index contributed by atoms with van der Waals surface area (Å²) < 4.78 is 1.25. The molecular formula is C21H16N6O3. The Labute approximate surface area is 169 Å². The Morgan fingerprint density at radius 3 is 2.60 bits per heavy atom. The van der Waals surface area contributed by atoms with Crippen LogP contribution in [0.15, 0.2) is 76.8 Å².